The summed E-state index contributed by atoms with van der Waals surface area (Å²) >= 11 is 0. The Kier molecular flexibility index (Phi) is 6.22. The van der Waals surface area contributed by atoms with Gasteiger partial charge in [0, 0.05) is 23.8 Å². The zero-order chi connectivity index (χ0) is 16.3. The van der Waals surface area contributed by atoms with Gasteiger partial charge in [0.1, 0.15) is 0 Å². The normalized spacial score (nSPS) is 14.3. The molecule has 1 aromatic carbocycles. The average Bonchev–Trinajstić information content (AvgIpc) is 2.43. The third-order valence-corrected chi connectivity index (χ3v) is 6.63. The van der Waals surface area contributed by atoms with Gasteiger partial charge in [0.25, 0.3) is 9.05 Å². The highest BCUT2D eigenvalue weighted by Gasteiger charge is 2.24. The minimum Gasteiger partial charge on any atom is -0.207 e. The SMILES string of the molecule is CCC(C)CN(CC)S(=O)(=O)c1ccc(S(=O)(=O)Cl)cc1. The molecule has 0 N–H and O–H groups in total. The third-order valence-electron chi connectivity index (χ3n) is 3.31. The van der Waals surface area contributed by atoms with Crippen molar-refractivity contribution in [3.8, 4) is 0 Å². The molecule has 8 heteroatoms. The van der Waals surface area contributed by atoms with Crippen LogP contribution in [0.2, 0.25) is 0 Å². The molecule has 0 saturated carbocycles. The fourth-order valence-corrected chi connectivity index (χ4v) is 4.14. The molecule has 5 nitrogen and oxygen atoms in total. The topological polar surface area (TPSA) is 71.5 Å². The third kappa shape index (κ3) is 4.67. The summed E-state index contributed by atoms with van der Waals surface area (Å²) in [6.45, 7) is 6.57. The number of rotatable bonds is 7. The van der Waals surface area contributed by atoms with Crippen molar-refractivity contribution < 1.29 is 16.8 Å². The van der Waals surface area contributed by atoms with Crippen LogP contribution in [0, 0.1) is 5.92 Å². The molecule has 21 heavy (non-hydrogen) atoms. The van der Waals surface area contributed by atoms with Crippen LogP contribution in [0.4, 0.5) is 0 Å². The molecule has 0 heterocycles. The van der Waals surface area contributed by atoms with Crippen LogP contribution in [-0.2, 0) is 19.1 Å². The van der Waals surface area contributed by atoms with Gasteiger partial charge in [-0.05, 0) is 30.2 Å². The highest BCUT2D eigenvalue weighted by atomic mass is 35.7. The van der Waals surface area contributed by atoms with Gasteiger partial charge in [-0.3, -0.25) is 0 Å². The van der Waals surface area contributed by atoms with Crippen molar-refractivity contribution in [2.45, 2.75) is 37.0 Å². The van der Waals surface area contributed by atoms with Crippen molar-refractivity contribution >= 4 is 29.8 Å². The fraction of sp³-hybridized carbons (Fsp3) is 0.538. The summed E-state index contributed by atoms with van der Waals surface area (Å²) in [5.74, 6) is 0.252. The van der Waals surface area contributed by atoms with Gasteiger partial charge in [0.15, 0.2) is 0 Å². The molecule has 0 aliphatic carbocycles. The first-order valence-corrected chi connectivity index (χ1v) is 10.4. The second-order valence-electron chi connectivity index (χ2n) is 4.88. The highest BCUT2D eigenvalue weighted by Crippen LogP contribution is 2.21. The summed E-state index contributed by atoms with van der Waals surface area (Å²) in [5.41, 5.74) is 0. The number of benzene rings is 1. The Morgan fingerprint density at radius 1 is 1.05 bits per heavy atom. The smallest absolute Gasteiger partial charge is 0.207 e. The van der Waals surface area contributed by atoms with Crippen molar-refractivity contribution in [3.63, 3.8) is 0 Å². The van der Waals surface area contributed by atoms with Gasteiger partial charge in [0.05, 0.1) is 9.79 Å². The first-order chi connectivity index (χ1) is 9.62. The largest absolute Gasteiger partial charge is 0.261 e. The first-order valence-electron chi connectivity index (χ1n) is 6.67. The number of sulfonamides is 1. The maximum Gasteiger partial charge on any atom is 0.261 e. The predicted octanol–water partition coefficient (Wildman–Crippen LogP) is 2.67. The van der Waals surface area contributed by atoms with Gasteiger partial charge >= 0.3 is 0 Å². The Hall–Kier alpha value is -0.630. The lowest BCUT2D eigenvalue weighted by Gasteiger charge is -2.23. The van der Waals surface area contributed by atoms with Gasteiger partial charge in [0.2, 0.25) is 10.0 Å². The van der Waals surface area contributed by atoms with Crippen LogP contribution in [-0.4, -0.2) is 34.2 Å². The Morgan fingerprint density at radius 2 is 1.52 bits per heavy atom. The van der Waals surface area contributed by atoms with E-state index in [9.17, 15) is 16.8 Å². The fourth-order valence-electron chi connectivity index (χ4n) is 1.80. The first kappa shape index (κ1) is 18.4. The zero-order valence-electron chi connectivity index (χ0n) is 12.3. The molecule has 0 fully saturated rings. The number of halogens is 1. The lowest BCUT2D eigenvalue weighted by atomic mass is 10.1. The van der Waals surface area contributed by atoms with E-state index < -0.39 is 19.1 Å². The van der Waals surface area contributed by atoms with E-state index in [1.807, 2.05) is 13.8 Å². The molecular weight excluding hydrogens is 334 g/mol. The highest BCUT2D eigenvalue weighted by molar-refractivity contribution is 8.13. The van der Waals surface area contributed by atoms with E-state index in [2.05, 4.69) is 0 Å². The van der Waals surface area contributed by atoms with Crippen molar-refractivity contribution in [1.29, 1.82) is 0 Å². The van der Waals surface area contributed by atoms with Crippen molar-refractivity contribution in [2.24, 2.45) is 5.92 Å². The quantitative estimate of drug-likeness (QED) is 0.706. The maximum atomic E-state index is 12.5. The Bertz CT molecular complexity index is 669. The summed E-state index contributed by atoms with van der Waals surface area (Å²) in [6.07, 6.45) is 0.884. The standard InChI is InChI=1S/C13H20ClNO4S2/c1-4-11(3)10-15(5-2)21(18,19)13-8-6-12(7-9-13)20(14,16)17/h6-9,11H,4-5,10H2,1-3H3. The van der Waals surface area contributed by atoms with Gasteiger partial charge in [-0.15, -0.1) is 0 Å². The maximum absolute atomic E-state index is 12.5. The predicted molar refractivity (Wildman–Crippen MR) is 83.4 cm³/mol. The Labute approximate surface area is 131 Å². The average molecular weight is 354 g/mol. The zero-order valence-corrected chi connectivity index (χ0v) is 14.7. The van der Waals surface area contributed by atoms with Crippen molar-refractivity contribution in [3.05, 3.63) is 24.3 Å². The van der Waals surface area contributed by atoms with E-state index in [0.29, 0.717) is 13.1 Å². The molecule has 0 amide bonds. The molecule has 0 aromatic heterocycles. The Balaban J connectivity index is 3.12. The van der Waals surface area contributed by atoms with E-state index in [1.54, 1.807) is 6.92 Å². The van der Waals surface area contributed by atoms with E-state index >= 15 is 0 Å². The molecule has 1 aromatic rings. The molecule has 1 atom stereocenters. The van der Waals surface area contributed by atoms with Crippen LogP contribution in [0.15, 0.2) is 34.1 Å². The molecular formula is C13H20ClNO4S2. The van der Waals surface area contributed by atoms with E-state index in [-0.39, 0.29) is 15.7 Å². The van der Waals surface area contributed by atoms with Gasteiger partial charge in [-0.2, -0.15) is 4.31 Å². The summed E-state index contributed by atoms with van der Waals surface area (Å²) < 4.78 is 48.8. The van der Waals surface area contributed by atoms with E-state index in [4.69, 9.17) is 10.7 Å². The summed E-state index contributed by atoms with van der Waals surface area (Å²) in [4.78, 5) is -0.0511. The molecule has 120 valence electrons. The minimum absolute atomic E-state index is 0.0664. The second-order valence-corrected chi connectivity index (χ2v) is 9.38. The lowest BCUT2D eigenvalue weighted by molar-refractivity contribution is 0.361. The lowest BCUT2D eigenvalue weighted by Crippen LogP contribution is -2.34. The summed E-state index contributed by atoms with van der Waals surface area (Å²) in [5, 5.41) is 0. The van der Waals surface area contributed by atoms with Crippen molar-refractivity contribution in [1.82, 2.24) is 4.31 Å². The van der Waals surface area contributed by atoms with Crippen LogP contribution in [0.1, 0.15) is 27.2 Å². The second kappa shape index (κ2) is 7.09. The number of hydrogen-bond acceptors (Lipinski definition) is 4. The number of hydrogen-bond donors (Lipinski definition) is 0. The van der Waals surface area contributed by atoms with Crippen LogP contribution < -0.4 is 0 Å². The molecule has 0 aliphatic heterocycles. The minimum atomic E-state index is -3.85. The molecule has 0 spiro atoms. The van der Waals surface area contributed by atoms with E-state index in [1.165, 1.54) is 28.6 Å². The van der Waals surface area contributed by atoms with Gasteiger partial charge in [-0.25, -0.2) is 16.8 Å². The molecule has 0 bridgehead atoms. The monoisotopic (exact) mass is 353 g/mol. The van der Waals surface area contributed by atoms with Crippen LogP contribution in [0.25, 0.3) is 0 Å². The van der Waals surface area contributed by atoms with Crippen LogP contribution in [0.5, 0.6) is 0 Å². The summed E-state index contributed by atoms with van der Waals surface area (Å²) in [7, 11) is -2.26. The molecule has 0 saturated heterocycles. The van der Waals surface area contributed by atoms with Crippen LogP contribution in [0.3, 0.4) is 0 Å². The molecule has 1 rings (SSSR count). The summed E-state index contributed by atoms with van der Waals surface area (Å²) in [6, 6.07) is 4.94. The molecule has 0 aliphatic rings. The number of nitrogens with zero attached hydrogens (tertiary/aromatic N) is 1. The molecule has 0 radical (unpaired) electrons. The van der Waals surface area contributed by atoms with E-state index in [0.717, 1.165) is 6.42 Å². The van der Waals surface area contributed by atoms with Gasteiger partial charge < -0.3 is 0 Å². The van der Waals surface area contributed by atoms with Gasteiger partial charge in [-0.1, -0.05) is 27.2 Å². The Morgan fingerprint density at radius 3 is 1.90 bits per heavy atom. The van der Waals surface area contributed by atoms with Crippen LogP contribution >= 0.6 is 10.7 Å². The van der Waals surface area contributed by atoms with Crippen molar-refractivity contribution in [2.75, 3.05) is 13.1 Å². The molecule has 1 unspecified atom stereocenters.